The van der Waals surface area contributed by atoms with Crippen LogP contribution in [0.15, 0.2) is 24.3 Å². The van der Waals surface area contributed by atoms with Gasteiger partial charge in [-0.3, -0.25) is 4.90 Å². The third kappa shape index (κ3) is 4.70. The number of rotatable bonds is 7. The van der Waals surface area contributed by atoms with Crippen molar-refractivity contribution in [2.45, 2.75) is 38.3 Å². The molecule has 4 heteroatoms. The first kappa shape index (κ1) is 16.3. The van der Waals surface area contributed by atoms with Crippen molar-refractivity contribution in [3.8, 4) is 5.75 Å². The van der Waals surface area contributed by atoms with E-state index in [9.17, 15) is 0 Å². The minimum absolute atomic E-state index is 0.413. The Kier molecular flexibility index (Phi) is 6.49. The first-order valence-electron chi connectivity index (χ1n) is 7.94. The zero-order valence-corrected chi connectivity index (χ0v) is 13.3. The van der Waals surface area contributed by atoms with Gasteiger partial charge < -0.3 is 15.2 Å². The van der Waals surface area contributed by atoms with Gasteiger partial charge in [0.2, 0.25) is 0 Å². The summed E-state index contributed by atoms with van der Waals surface area (Å²) in [5, 5.41) is 0. The molecule has 1 saturated heterocycles. The average Bonchev–Trinajstić information content (AvgIpc) is 2.55. The van der Waals surface area contributed by atoms with Crippen LogP contribution >= 0.6 is 0 Å². The molecule has 118 valence electrons. The van der Waals surface area contributed by atoms with Crippen molar-refractivity contribution in [1.82, 2.24) is 4.90 Å². The summed E-state index contributed by atoms with van der Waals surface area (Å²) >= 11 is 0. The standard InChI is InChI=1S/C17H28N2O2/c1-14(15-4-6-16(20-2)7-5-15)19-11-8-17(9-12-19)21-13-3-10-18/h4-7,14,17H,3,8-13,18H2,1-2H3. The van der Waals surface area contributed by atoms with Crippen molar-refractivity contribution < 1.29 is 9.47 Å². The van der Waals surface area contributed by atoms with E-state index in [4.69, 9.17) is 15.2 Å². The van der Waals surface area contributed by atoms with Gasteiger partial charge in [-0.25, -0.2) is 0 Å². The highest BCUT2D eigenvalue weighted by molar-refractivity contribution is 5.28. The van der Waals surface area contributed by atoms with E-state index in [0.29, 0.717) is 18.7 Å². The smallest absolute Gasteiger partial charge is 0.118 e. The molecule has 21 heavy (non-hydrogen) atoms. The molecule has 1 atom stereocenters. The number of hydrogen-bond acceptors (Lipinski definition) is 4. The van der Waals surface area contributed by atoms with Crippen molar-refractivity contribution in [3.05, 3.63) is 29.8 Å². The SMILES string of the molecule is COc1ccc(C(C)N2CCC(OCCCN)CC2)cc1. The quantitative estimate of drug-likeness (QED) is 0.785. The summed E-state index contributed by atoms with van der Waals surface area (Å²) in [5.74, 6) is 0.915. The number of likely N-dealkylation sites (tertiary alicyclic amines) is 1. The van der Waals surface area contributed by atoms with Gasteiger partial charge in [0.1, 0.15) is 5.75 Å². The van der Waals surface area contributed by atoms with Gasteiger partial charge in [0.25, 0.3) is 0 Å². The molecule has 4 nitrogen and oxygen atoms in total. The highest BCUT2D eigenvalue weighted by Gasteiger charge is 2.23. The molecule has 2 N–H and O–H groups in total. The largest absolute Gasteiger partial charge is 0.497 e. The van der Waals surface area contributed by atoms with E-state index in [2.05, 4.69) is 24.0 Å². The maximum Gasteiger partial charge on any atom is 0.118 e. The lowest BCUT2D eigenvalue weighted by molar-refractivity contribution is -0.000749. The second kappa shape index (κ2) is 8.37. The van der Waals surface area contributed by atoms with Crippen LogP contribution in [0.3, 0.4) is 0 Å². The van der Waals surface area contributed by atoms with Crippen LogP contribution in [0.1, 0.15) is 37.8 Å². The van der Waals surface area contributed by atoms with Crippen molar-refractivity contribution in [2.75, 3.05) is 33.4 Å². The van der Waals surface area contributed by atoms with Gasteiger partial charge in [0.05, 0.1) is 13.2 Å². The van der Waals surface area contributed by atoms with Crippen molar-refractivity contribution >= 4 is 0 Å². The topological polar surface area (TPSA) is 47.7 Å². The first-order valence-corrected chi connectivity index (χ1v) is 7.94. The lowest BCUT2D eigenvalue weighted by Crippen LogP contribution is -2.38. The van der Waals surface area contributed by atoms with Gasteiger partial charge in [-0.15, -0.1) is 0 Å². The summed E-state index contributed by atoms with van der Waals surface area (Å²) in [6.45, 7) is 5.99. The molecular formula is C17H28N2O2. The number of ether oxygens (including phenoxy) is 2. The fourth-order valence-corrected chi connectivity index (χ4v) is 2.86. The van der Waals surface area contributed by atoms with Crippen LogP contribution in [0, 0.1) is 0 Å². The molecule has 0 amide bonds. The molecule has 1 unspecified atom stereocenters. The Bertz CT molecular complexity index is 400. The second-order valence-corrected chi connectivity index (χ2v) is 5.70. The molecule has 1 fully saturated rings. The van der Waals surface area contributed by atoms with Crippen LogP contribution in [-0.4, -0.2) is 44.4 Å². The number of nitrogens with two attached hydrogens (primary N) is 1. The molecule has 0 bridgehead atoms. The lowest BCUT2D eigenvalue weighted by atomic mass is 10.0. The van der Waals surface area contributed by atoms with E-state index in [0.717, 1.165) is 44.7 Å². The summed E-state index contributed by atoms with van der Waals surface area (Å²) in [4.78, 5) is 2.53. The van der Waals surface area contributed by atoms with Gasteiger partial charge in [0.15, 0.2) is 0 Å². The fourth-order valence-electron chi connectivity index (χ4n) is 2.86. The molecule has 0 spiro atoms. The van der Waals surface area contributed by atoms with Crippen LogP contribution in [0.5, 0.6) is 5.75 Å². The Labute approximate surface area is 128 Å². The van der Waals surface area contributed by atoms with Gasteiger partial charge in [-0.05, 0) is 50.4 Å². The monoisotopic (exact) mass is 292 g/mol. The van der Waals surface area contributed by atoms with E-state index in [1.54, 1.807) is 7.11 Å². The molecule has 1 aliphatic heterocycles. The molecule has 0 radical (unpaired) electrons. The summed E-state index contributed by atoms with van der Waals surface area (Å²) in [7, 11) is 1.70. The van der Waals surface area contributed by atoms with Crippen LogP contribution in [-0.2, 0) is 4.74 Å². The maximum absolute atomic E-state index is 5.86. The van der Waals surface area contributed by atoms with Crippen LogP contribution in [0.25, 0.3) is 0 Å². The minimum atomic E-state index is 0.413. The molecule has 2 rings (SSSR count). The molecule has 0 aliphatic carbocycles. The predicted molar refractivity (Wildman–Crippen MR) is 85.6 cm³/mol. The second-order valence-electron chi connectivity index (χ2n) is 5.70. The molecule has 1 heterocycles. The lowest BCUT2D eigenvalue weighted by Gasteiger charge is -2.36. The summed E-state index contributed by atoms with van der Waals surface area (Å²) < 4.78 is 11.1. The molecule has 1 aromatic rings. The molecule has 0 aromatic heterocycles. The normalized spacial score (nSPS) is 18.6. The zero-order chi connectivity index (χ0) is 15.1. The van der Waals surface area contributed by atoms with Gasteiger partial charge in [0, 0.05) is 25.7 Å². The fraction of sp³-hybridized carbons (Fsp3) is 0.647. The Hall–Kier alpha value is -1.10. The van der Waals surface area contributed by atoms with Crippen molar-refractivity contribution in [1.29, 1.82) is 0 Å². The van der Waals surface area contributed by atoms with Gasteiger partial charge in [-0.1, -0.05) is 12.1 Å². The van der Waals surface area contributed by atoms with E-state index in [1.807, 2.05) is 12.1 Å². The Balaban J connectivity index is 1.80. The van der Waals surface area contributed by atoms with Crippen LogP contribution in [0.4, 0.5) is 0 Å². The minimum Gasteiger partial charge on any atom is -0.497 e. The Morgan fingerprint density at radius 2 is 1.90 bits per heavy atom. The highest BCUT2D eigenvalue weighted by Crippen LogP contribution is 2.26. The zero-order valence-electron chi connectivity index (χ0n) is 13.3. The average molecular weight is 292 g/mol. The summed E-state index contributed by atoms with van der Waals surface area (Å²) in [6, 6.07) is 8.84. The molecular weight excluding hydrogens is 264 g/mol. The highest BCUT2D eigenvalue weighted by atomic mass is 16.5. The third-order valence-electron chi connectivity index (χ3n) is 4.32. The molecule has 1 aromatic carbocycles. The number of hydrogen-bond donors (Lipinski definition) is 1. The van der Waals surface area contributed by atoms with Gasteiger partial charge >= 0.3 is 0 Å². The molecule has 0 saturated carbocycles. The summed E-state index contributed by atoms with van der Waals surface area (Å²) in [6.07, 6.45) is 3.61. The van der Waals surface area contributed by atoms with E-state index in [-0.39, 0.29) is 0 Å². The number of benzene rings is 1. The third-order valence-corrected chi connectivity index (χ3v) is 4.32. The summed E-state index contributed by atoms with van der Waals surface area (Å²) in [5.41, 5.74) is 6.84. The Morgan fingerprint density at radius 3 is 2.48 bits per heavy atom. The Morgan fingerprint density at radius 1 is 1.24 bits per heavy atom. The van der Waals surface area contributed by atoms with Crippen molar-refractivity contribution in [2.24, 2.45) is 5.73 Å². The predicted octanol–water partition coefficient (Wildman–Crippen LogP) is 2.59. The first-order chi connectivity index (χ1) is 10.2. The number of nitrogens with zero attached hydrogens (tertiary/aromatic N) is 1. The van der Waals surface area contributed by atoms with E-state index >= 15 is 0 Å². The molecule has 1 aliphatic rings. The number of methoxy groups -OCH3 is 1. The van der Waals surface area contributed by atoms with E-state index < -0.39 is 0 Å². The van der Waals surface area contributed by atoms with Crippen LogP contribution < -0.4 is 10.5 Å². The van der Waals surface area contributed by atoms with Crippen molar-refractivity contribution in [3.63, 3.8) is 0 Å². The number of piperidine rings is 1. The maximum atomic E-state index is 5.86. The van der Waals surface area contributed by atoms with Crippen LogP contribution in [0.2, 0.25) is 0 Å². The van der Waals surface area contributed by atoms with E-state index in [1.165, 1.54) is 5.56 Å². The van der Waals surface area contributed by atoms with Gasteiger partial charge in [-0.2, -0.15) is 0 Å².